The number of ether oxygens (including phenoxy) is 1. The van der Waals surface area contributed by atoms with Gasteiger partial charge in [-0.05, 0) is 24.3 Å². The van der Waals surface area contributed by atoms with Crippen LogP contribution >= 0.6 is 0 Å². The maximum atomic E-state index is 13.0. The molecule has 0 aliphatic carbocycles. The highest BCUT2D eigenvalue weighted by atomic mass is 19.3. The monoisotopic (exact) mass is 324 g/mol. The highest BCUT2D eigenvalue weighted by Gasteiger charge is 2.16. The zero-order valence-corrected chi connectivity index (χ0v) is 12.2. The largest absolute Gasteiger partial charge is 0.438 e. The van der Waals surface area contributed by atoms with Crippen molar-refractivity contribution < 1.29 is 13.5 Å². The fourth-order valence-electron chi connectivity index (χ4n) is 2.36. The Balaban J connectivity index is 1.82. The van der Waals surface area contributed by atoms with E-state index in [0.29, 0.717) is 27.7 Å². The summed E-state index contributed by atoms with van der Waals surface area (Å²) >= 11 is 0. The molecule has 0 N–H and O–H groups in total. The third kappa shape index (κ3) is 2.60. The lowest BCUT2D eigenvalue weighted by Crippen LogP contribution is -1.99. The number of benzene rings is 2. The van der Waals surface area contributed by atoms with E-state index in [1.807, 2.05) is 0 Å². The summed E-state index contributed by atoms with van der Waals surface area (Å²) in [5.74, 6) is -0.0458. The molecule has 2 aromatic heterocycles. The van der Waals surface area contributed by atoms with Gasteiger partial charge in [-0.2, -0.15) is 4.98 Å². The van der Waals surface area contributed by atoms with Crippen LogP contribution in [-0.2, 0) is 0 Å². The summed E-state index contributed by atoms with van der Waals surface area (Å²) in [6, 6.07) is 12.0. The molecule has 0 bridgehead atoms. The Morgan fingerprint density at radius 2 is 1.62 bits per heavy atom. The molecule has 2 heterocycles. The van der Waals surface area contributed by atoms with E-state index < -0.39 is 12.2 Å². The number of fused-ring (bicyclic) bond motifs is 2. The van der Waals surface area contributed by atoms with Crippen LogP contribution in [0.3, 0.4) is 0 Å². The van der Waals surface area contributed by atoms with E-state index in [4.69, 9.17) is 4.74 Å². The molecule has 4 aromatic rings. The molecule has 0 unspecified atom stereocenters. The van der Waals surface area contributed by atoms with E-state index in [-0.39, 0.29) is 5.88 Å². The first-order valence-electron chi connectivity index (χ1n) is 7.14. The lowest BCUT2D eigenvalue weighted by atomic mass is 10.2. The van der Waals surface area contributed by atoms with Crippen LogP contribution in [0.2, 0.25) is 0 Å². The Kier molecular flexibility index (Phi) is 3.45. The van der Waals surface area contributed by atoms with Gasteiger partial charge >= 0.3 is 0 Å². The van der Waals surface area contributed by atoms with Crippen molar-refractivity contribution in [3.8, 4) is 11.6 Å². The average molecular weight is 324 g/mol. The van der Waals surface area contributed by atoms with E-state index in [1.54, 1.807) is 54.9 Å². The minimum atomic E-state index is -2.78. The van der Waals surface area contributed by atoms with Crippen LogP contribution in [0.4, 0.5) is 8.78 Å². The van der Waals surface area contributed by atoms with E-state index >= 15 is 0 Å². The first kappa shape index (κ1) is 14.4. The summed E-state index contributed by atoms with van der Waals surface area (Å²) in [6.45, 7) is 0. The molecule has 0 amide bonds. The van der Waals surface area contributed by atoms with Crippen LogP contribution in [0, 0.1) is 0 Å². The van der Waals surface area contributed by atoms with Crippen molar-refractivity contribution in [1.29, 1.82) is 0 Å². The average Bonchev–Trinajstić information content (AvgIpc) is 2.61. The van der Waals surface area contributed by atoms with Crippen molar-refractivity contribution in [2.24, 2.45) is 0 Å². The topological polar surface area (TPSA) is 60.8 Å². The molecule has 0 saturated carbocycles. The van der Waals surface area contributed by atoms with Gasteiger partial charge in [-0.1, -0.05) is 12.1 Å². The van der Waals surface area contributed by atoms with E-state index in [1.165, 1.54) is 0 Å². The Morgan fingerprint density at radius 1 is 0.833 bits per heavy atom. The Hall–Kier alpha value is -3.22. The number of hydrogen-bond donors (Lipinski definition) is 0. The molecule has 0 aliphatic rings. The molecule has 7 heteroatoms. The molecule has 24 heavy (non-hydrogen) atoms. The van der Waals surface area contributed by atoms with Crippen LogP contribution in [0.1, 0.15) is 12.2 Å². The predicted molar refractivity (Wildman–Crippen MR) is 84.1 cm³/mol. The molecule has 4 rings (SSSR count). The first-order valence-corrected chi connectivity index (χ1v) is 7.14. The summed E-state index contributed by atoms with van der Waals surface area (Å²) in [5.41, 5.74) is 1.76. The molecule has 0 saturated heterocycles. The van der Waals surface area contributed by atoms with Crippen LogP contribution in [-0.4, -0.2) is 19.9 Å². The molecule has 0 atom stereocenters. The SMILES string of the molecule is FC(F)c1nc(Oc2ccc3nccnc3c2)c2ccccc2n1. The minimum Gasteiger partial charge on any atom is -0.438 e. The Morgan fingerprint density at radius 3 is 2.46 bits per heavy atom. The highest BCUT2D eigenvalue weighted by Crippen LogP contribution is 2.30. The molecular formula is C17H10F2N4O. The van der Waals surface area contributed by atoms with Gasteiger partial charge < -0.3 is 4.74 Å². The van der Waals surface area contributed by atoms with Crippen LogP contribution in [0.5, 0.6) is 11.6 Å². The third-order valence-corrected chi connectivity index (χ3v) is 3.44. The van der Waals surface area contributed by atoms with Gasteiger partial charge in [0.15, 0.2) is 5.82 Å². The second-order valence-electron chi connectivity index (χ2n) is 5.01. The molecule has 0 spiro atoms. The summed E-state index contributed by atoms with van der Waals surface area (Å²) in [7, 11) is 0. The van der Waals surface area contributed by atoms with Crippen LogP contribution in [0.25, 0.3) is 21.9 Å². The predicted octanol–water partition coefficient (Wildman–Crippen LogP) is 4.30. The van der Waals surface area contributed by atoms with Crippen molar-refractivity contribution >= 4 is 21.9 Å². The van der Waals surface area contributed by atoms with Gasteiger partial charge in [0.1, 0.15) is 5.75 Å². The molecule has 2 aromatic carbocycles. The molecule has 0 radical (unpaired) electrons. The van der Waals surface area contributed by atoms with E-state index in [0.717, 1.165) is 0 Å². The highest BCUT2D eigenvalue weighted by molar-refractivity contribution is 5.84. The van der Waals surface area contributed by atoms with Gasteiger partial charge in [-0.15, -0.1) is 0 Å². The number of para-hydroxylation sites is 1. The zero-order valence-electron chi connectivity index (χ0n) is 12.2. The normalized spacial score (nSPS) is 11.3. The van der Waals surface area contributed by atoms with Crippen molar-refractivity contribution in [3.05, 3.63) is 60.7 Å². The second kappa shape index (κ2) is 5.77. The van der Waals surface area contributed by atoms with Gasteiger partial charge in [0.25, 0.3) is 6.43 Å². The van der Waals surface area contributed by atoms with Crippen molar-refractivity contribution in [2.45, 2.75) is 6.43 Å². The number of alkyl halides is 2. The van der Waals surface area contributed by atoms with Gasteiger partial charge in [0, 0.05) is 18.5 Å². The van der Waals surface area contributed by atoms with Crippen LogP contribution in [0.15, 0.2) is 54.9 Å². The maximum Gasteiger partial charge on any atom is 0.297 e. The quantitative estimate of drug-likeness (QED) is 0.562. The fourth-order valence-corrected chi connectivity index (χ4v) is 2.36. The molecule has 0 fully saturated rings. The smallest absolute Gasteiger partial charge is 0.297 e. The van der Waals surface area contributed by atoms with E-state index in [2.05, 4.69) is 19.9 Å². The Labute approximate surface area is 135 Å². The number of aromatic nitrogens is 4. The van der Waals surface area contributed by atoms with Crippen molar-refractivity contribution in [2.75, 3.05) is 0 Å². The van der Waals surface area contributed by atoms with Crippen LogP contribution < -0.4 is 4.74 Å². The van der Waals surface area contributed by atoms with Gasteiger partial charge in [0.2, 0.25) is 5.88 Å². The minimum absolute atomic E-state index is 0.0825. The van der Waals surface area contributed by atoms with Gasteiger partial charge in [-0.25, -0.2) is 13.8 Å². The summed E-state index contributed by atoms with van der Waals surface area (Å²) in [6.07, 6.45) is 0.385. The number of nitrogens with zero attached hydrogens (tertiary/aromatic N) is 4. The van der Waals surface area contributed by atoms with Crippen molar-refractivity contribution in [3.63, 3.8) is 0 Å². The lowest BCUT2D eigenvalue weighted by Gasteiger charge is -2.10. The number of hydrogen-bond acceptors (Lipinski definition) is 5. The van der Waals surface area contributed by atoms with E-state index in [9.17, 15) is 8.78 Å². The first-order chi connectivity index (χ1) is 11.7. The fraction of sp³-hybridized carbons (Fsp3) is 0.0588. The second-order valence-corrected chi connectivity index (χ2v) is 5.01. The summed E-state index contributed by atoms with van der Waals surface area (Å²) in [5, 5.41) is 0.557. The summed E-state index contributed by atoms with van der Waals surface area (Å²) < 4.78 is 31.8. The molecule has 5 nitrogen and oxygen atoms in total. The maximum absolute atomic E-state index is 13.0. The standard InChI is InChI=1S/C17H10F2N4O/c18-15(19)16-22-12-4-2-1-3-11(12)17(23-16)24-10-5-6-13-14(9-10)21-8-7-20-13/h1-9,15H. The lowest BCUT2D eigenvalue weighted by molar-refractivity contribution is 0.140. The molecular weight excluding hydrogens is 314 g/mol. The third-order valence-electron chi connectivity index (χ3n) is 3.44. The zero-order chi connectivity index (χ0) is 16.5. The molecule has 118 valence electrons. The number of halogens is 2. The van der Waals surface area contributed by atoms with Gasteiger partial charge in [-0.3, -0.25) is 9.97 Å². The summed E-state index contributed by atoms with van der Waals surface area (Å²) in [4.78, 5) is 16.1. The molecule has 0 aliphatic heterocycles. The Bertz CT molecular complexity index is 1040. The van der Waals surface area contributed by atoms with Crippen molar-refractivity contribution in [1.82, 2.24) is 19.9 Å². The van der Waals surface area contributed by atoms with Gasteiger partial charge in [0.05, 0.1) is 21.9 Å². The number of rotatable bonds is 3.